The average molecular weight is 746 g/mol. The third kappa shape index (κ3) is 22.6. The van der Waals surface area contributed by atoms with Crippen molar-refractivity contribution in [1.82, 2.24) is 5.32 Å². The van der Waals surface area contributed by atoms with Crippen LogP contribution in [-0.4, -0.2) is 119 Å². The number of phosphoric acid groups is 1. The van der Waals surface area contributed by atoms with Crippen LogP contribution in [0.5, 0.6) is 0 Å². The van der Waals surface area contributed by atoms with E-state index in [4.69, 9.17) is 33.0 Å². The highest BCUT2D eigenvalue weighted by molar-refractivity contribution is 7.74. The highest BCUT2D eigenvalue weighted by atomic mass is 31.2. The van der Waals surface area contributed by atoms with Crippen molar-refractivity contribution < 1.29 is 85.5 Å². The standard InChI is InChI=1S/C17H31O10P.C8H19NO8P2/c1-4-9-23-11-14(18)8-7-10-25-28(21,22)26-13-15(27-17(20)6-3)12-24-16(19)5-2;1-17-6-7(10)9-5-3-4-8(11,18(2,12)13)19(14,15)16/h15H,4-13H2,1-3H3,(H,21,22);11H,3-6H2,1-2H3,(H,9,10)(H,12,13)(H2,14,15,16). The number of carbonyl (C=O) groups is 4. The molecule has 0 aromatic heterocycles. The maximum absolute atomic E-state index is 11.9. The summed E-state index contributed by atoms with van der Waals surface area (Å²) >= 11 is 0. The highest BCUT2D eigenvalue weighted by Gasteiger charge is 2.56. The third-order valence-electron chi connectivity index (χ3n) is 5.61. The first-order valence-electron chi connectivity index (χ1n) is 14.6. The summed E-state index contributed by atoms with van der Waals surface area (Å²) < 4.78 is 63.5. The second kappa shape index (κ2) is 24.5. The van der Waals surface area contributed by atoms with Gasteiger partial charge in [-0.1, -0.05) is 20.8 Å². The molecule has 278 valence electrons. The monoisotopic (exact) mass is 745 g/mol. The zero-order chi connectivity index (χ0) is 36.7. The van der Waals surface area contributed by atoms with Crippen LogP contribution in [0.3, 0.4) is 0 Å². The molecule has 0 aliphatic heterocycles. The van der Waals surface area contributed by atoms with E-state index < -0.39 is 64.8 Å². The first-order chi connectivity index (χ1) is 21.7. The number of ether oxygens (including phenoxy) is 4. The Morgan fingerprint density at radius 2 is 1.47 bits per heavy atom. The number of esters is 2. The van der Waals surface area contributed by atoms with Crippen molar-refractivity contribution in [3.63, 3.8) is 0 Å². The molecule has 0 aromatic rings. The van der Waals surface area contributed by atoms with E-state index in [0.717, 1.165) is 6.42 Å². The first kappa shape index (κ1) is 47.5. The predicted octanol–water partition coefficient (Wildman–Crippen LogP) is 1.42. The summed E-state index contributed by atoms with van der Waals surface area (Å²) in [6.07, 6.45) is -0.319. The summed E-state index contributed by atoms with van der Waals surface area (Å²) in [4.78, 5) is 82.0. The Labute approximate surface area is 274 Å². The number of methoxy groups -OCH3 is 1. The summed E-state index contributed by atoms with van der Waals surface area (Å²) in [5.41, 5.74) is 0. The van der Waals surface area contributed by atoms with Crippen LogP contribution in [0.1, 0.15) is 65.7 Å². The maximum atomic E-state index is 11.9. The number of nitrogens with one attached hydrogen (secondary N) is 1. The number of Topliss-reactive ketones (excluding diaryl/α,β-unsaturated/α-hetero) is 1. The minimum absolute atomic E-state index is 0.00207. The molecule has 0 aromatic carbocycles. The number of carbonyl (C=O) groups excluding carboxylic acids is 4. The Morgan fingerprint density at radius 3 is 1.98 bits per heavy atom. The molecule has 19 nitrogen and oxygen atoms in total. The van der Waals surface area contributed by atoms with Gasteiger partial charge in [0, 0.05) is 46.2 Å². The lowest BCUT2D eigenvalue weighted by Crippen LogP contribution is -2.32. The molecular formula is C25H50NO18P3. The van der Waals surface area contributed by atoms with Gasteiger partial charge in [0.15, 0.2) is 11.9 Å². The highest BCUT2D eigenvalue weighted by Crippen LogP contribution is 2.69. The Balaban J connectivity index is 0. The first-order valence-corrected chi connectivity index (χ1v) is 19.8. The van der Waals surface area contributed by atoms with Gasteiger partial charge in [0.25, 0.3) is 0 Å². The van der Waals surface area contributed by atoms with Gasteiger partial charge in [-0.25, -0.2) is 4.57 Å². The molecule has 0 radical (unpaired) electrons. The summed E-state index contributed by atoms with van der Waals surface area (Å²) in [5, 5.41) is 9.10. The number of amides is 1. The number of phosphoric ester groups is 1. The smallest absolute Gasteiger partial charge is 0.462 e. The average Bonchev–Trinajstić information content (AvgIpc) is 2.98. The van der Waals surface area contributed by atoms with E-state index in [1.807, 2.05) is 6.92 Å². The number of rotatable bonds is 25. The molecule has 0 bridgehead atoms. The van der Waals surface area contributed by atoms with Crippen molar-refractivity contribution in [1.29, 1.82) is 0 Å². The van der Waals surface area contributed by atoms with Crippen molar-refractivity contribution in [3.05, 3.63) is 0 Å². The molecule has 0 aliphatic carbocycles. The molecule has 0 heterocycles. The summed E-state index contributed by atoms with van der Waals surface area (Å²) in [6, 6.07) is 0. The molecule has 0 rings (SSSR count). The third-order valence-corrected chi connectivity index (χ3v) is 11.2. The Kier molecular flexibility index (Phi) is 24.8. The minimum atomic E-state index is -5.18. The van der Waals surface area contributed by atoms with Gasteiger partial charge in [-0.05, 0) is 25.7 Å². The number of aliphatic hydroxyl groups is 1. The van der Waals surface area contributed by atoms with E-state index >= 15 is 0 Å². The Morgan fingerprint density at radius 1 is 0.851 bits per heavy atom. The van der Waals surface area contributed by atoms with Crippen LogP contribution in [0.25, 0.3) is 0 Å². The number of hydrogen-bond donors (Lipinski definition) is 6. The van der Waals surface area contributed by atoms with Crippen molar-refractivity contribution in [2.75, 3.05) is 60.0 Å². The van der Waals surface area contributed by atoms with Crippen molar-refractivity contribution in [2.24, 2.45) is 0 Å². The molecular weight excluding hydrogens is 695 g/mol. The zero-order valence-corrected chi connectivity index (χ0v) is 30.0. The Hall–Kier alpha value is -1.59. The molecule has 22 heteroatoms. The normalized spacial score (nSPS) is 15.9. The quantitative estimate of drug-likeness (QED) is 0.0437. The summed E-state index contributed by atoms with van der Waals surface area (Å²) in [6.45, 7) is 5.15. The van der Waals surface area contributed by atoms with Gasteiger partial charge in [0.1, 0.15) is 19.8 Å². The molecule has 47 heavy (non-hydrogen) atoms. The number of ketones is 1. The molecule has 4 atom stereocenters. The zero-order valence-electron chi connectivity index (χ0n) is 27.4. The molecule has 0 saturated heterocycles. The molecule has 1 amide bonds. The van der Waals surface area contributed by atoms with Gasteiger partial charge in [-0.15, -0.1) is 0 Å². The predicted molar refractivity (Wildman–Crippen MR) is 165 cm³/mol. The van der Waals surface area contributed by atoms with Gasteiger partial charge in [-0.3, -0.25) is 37.4 Å². The fourth-order valence-electron chi connectivity index (χ4n) is 3.07. The van der Waals surface area contributed by atoms with Crippen LogP contribution in [0.4, 0.5) is 0 Å². The van der Waals surface area contributed by atoms with Crippen LogP contribution in [0.2, 0.25) is 0 Å². The molecule has 0 fully saturated rings. The molecule has 0 spiro atoms. The lowest BCUT2D eigenvalue weighted by molar-refractivity contribution is -0.160. The van der Waals surface area contributed by atoms with Gasteiger partial charge >= 0.3 is 27.4 Å². The lowest BCUT2D eigenvalue weighted by atomic mass is 10.2. The van der Waals surface area contributed by atoms with Gasteiger partial charge < -0.3 is 48.9 Å². The van der Waals surface area contributed by atoms with Crippen molar-refractivity contribution in [3.8, 4) is 0 Å². The topological polar surface area (TPSA) is 288 Å². The van der Waals surface area contributed by atoms with Crippen LogP contribution < -0.4 is 5.32 Å². The van der Waals surface area contributed by atoms with Crippen molar-refractivity contribution in [2.45, 2.75) is 76.9 Å². The van der Waals surface area contributed by atoms with Gasteiger partial charge in [-0.2, -0.15) is 0 Å². The largest absolute Gasteiger partial charge is 0.472 e. The van der Waals surface area contributed by atoms with Crippen LogP contribution in [0.15, 0.2) is 0 Å². The molecule has 0 saturated carbocycles. The molecule has 0 aliphatic rings. The van der Waals surface area contributed by atoms with Gasteiger partial charge in [0.2, 0.25) is 18.4 Å². The second-order valence-corrected chi connectivity index (χ2v) is 16.0. The fourth-order valence-corrected chi connectivity index (χ4v) is 6.82. The molecule has 4 unspecified atom stereocenters. The van der Waals surface area contributed by atoms with E-state index in [-0.39, 0.29) is 70.9 Å². The van der Waals surface area contributed by atoms with E-state index in [1.165, 1.54) is 7.11 Å². The van der Waals surface area contributed by atoms with Crippen LogP contribution >= 0.6 is 22.8 Å². The van der Waals surface area contributed by atoms with Crippen LogP contribution in [0, 0.1) is 0 Å². The maximum Gasteiger partial charge on any atom is 0.472 e. The number of hydrogen-bond acceptors (Lipinski definition) is 14. The van der Waals surface area contributed by atoms with E-state index in [9.17, 15) is 47.8 Å². The van der Waals surface area contributed by atoms with Crippen LogP contribution in [-0.2, 0) is 60.9 Å². The second-order valence-electron chi connectivity index (χ2n) is 9.88. The fraction of sp³-hybridized carbons (Fsp3) is 0.840. The minimum Gasteiger partial charge on any atom is -0.462 e. The Bertz CT molecular complexity index is 1070. The van der Waals surface area contributed by atoms with E-state index in [2.05, 4.69) is 10.1 Å². The van der Waals surface area contributed by atoms with Crippen molar-refractivity contribution >= 4 is 46.4 Å². The van der Waals surface area contributed by atoms with E-state index in [1.54, 1.807) is 13.8 Å². The molecule has 6 N–H and O–H groups in total. The van der Waals surface area contributed by atoms with Gasteiger partial charge in [0.05, 0.1) is 13.2 Å². The SMILES string of the molecule is CCCOCC(=O)CCCOP(=O)(O)OCC(COC(=O)CC)OC(=O)CC.COCC(=O)NCCCC(O)(P(C)(=O)O)P(=O)(O)O. The summed E-state index contributed by atoms with van der Waals surface area (Å²) in [7, 11) is -12.7. The lowest BCUT2D eigenvalue weighted by Gasteiger charge is -2.30. The summed E-state index contributed by atoms with van der Waals surface area (Å²) in [5.74, 6) is -1.65. The van der Waals surface area contributed by atoms with E-state index in [0.29, 0.717) is 13.3 Å².